The third-order valence-corrected chi connectivity index (χ3v) is 6.12. The number of rotatable bonds is 11. The monoisotopic (exact) mass is 458 g/mol. The lowest BCUT2D eigenvalue weighted by atomic mass is 9.93. The molecule has 1 heterocycles. The first kappa shape index (κ1) is 24.4. The molecule has 0 saturated carbocycles. The van der Waals surface area contributed by atoms with Crippen LogP contribution in [0.4, 0.5) is 0 Å². The Labute approximate surface area is 203 Å². The predicted molar refractivity (Wildman–Crippen MR) is 134 cm³/mol. The van der Waals surface area contributed by atoms with Crippen LogP contribution in [0.2, 0.25) is 0 Å². The van der Waals surface area contributed by atoms with Crippen molar-refractivity contribution in [2.45, 2.75) is 63.7 Å². The fraction of sp³-hybridized carbons (Fsp3) is 0.333. The van der Waals surface area contributed by atoms with Gasteiger partial charge in [0.1, 0.15) is 18.3 Å². The van der Waals surface area contributed by atoms with Gasteiger partial charge in [-0.05, 0) is 30.0 Å². The van der Waals surface area contributed by atoms with E-state index in [1.165, 1.54) is 0 Å². The van der Waals surface area contributed by atoms with Crippen molar-refractivity contribution in [2.24, 2.45) is 0 Å². The predicted octanol–water partition coefficient (Wildman–Crippen LogP) is 6.11. The van der Waals surface area contributed by atoms with Gasteiger partial charge in [0, 0.05) is 0 Å². The van der Waals surface area contributed by atoms with Gasteiger partial charge in [-0.1, -0.05) is 97.1 Å². The van der Waals surface area contributed by atoms with Crippen molar-refractivity contribution in [3.8, 4) is 0 Å². The van der Waals surface area contributed by atoms with Crippen LogP contribution in [0.3, 0.4) is 0 Å². The maximum Gasteiger partial charge on any atom is 0.115 e. The fourth-order valence-corrected chi connectivity index (χ4v) is 4.37. The standard InChI is InChI=1S/C30H34O4/c1-3-13-27-29(32-21-25-16-9-5-10-17-25)30(33-22-26-18-11-6-12-19-26)28(23(2)34-27)31-20-24-14-7-4-8-15-24/h3-12,14-19,23,27-30H,1,13,20-22H2,2H3/t23-,27+,28+,29+,30+/m0/s1. The zero-order valence-corrected chi connectivity index (χ0v) is 19.8. The molecule has 1 fully saturated rings. The molecular formula is C30H34O4. The summed E-state index contributed by atoms with van der Waals surface area (Å²) in [6.07, 6.45) is 1.40. The van der Waals surface area contributed by atoms with Crippen molar-refractivity contribution in [2.75, 3.05) is 0 Å². The van der Waals surface area contributed by atoms with E-state index in [1.54, 1.807) is 0 Å². The Morgan fingerprint density at radius 1 is 0.647 bits per heavy atom. The maximum absolute atomic E-state index is 6.55. The number of hydrogen-bond donors (Lipinski definition) is 0. The lowest BCUT2D eigenvalue weighted by molar-refractivity contribution is -0.260. The van der Waals surface area contributed by atoms with Crippen molar-refractivity contribution >= 4 is 0 Å². The highest BCUT2D eigenvalue weighted by molar-refractivity contribution is 5.15. The topological polar surface area (TPSA) is 36.9 Å². The molecule has 0 spiro atoms. The highest BCUT2D eigenvalue weighted by atomic mass is 16.6. The lowest BCUT2D eigenvalue weighted by Gasteiger charge is -2.45. The molecule has 3 aromatic carbocycles. The van der Waals surface area contributed by atoms with E-state index >= 15 is 0 Å². The number of benzene rings is 3. The molecule has 0 amide bonds. The van der Waals surface area contributed by atoms with Crippen molar-refractivity contribution in [1.29, 1.82) is 0 Å². The van der Waals surface area contributed by atoms with Crippen molar-refractivity contribution in [1.82, 2.24) is 0 Å². The number of ether oxygens (including phenoxy) is 4. The Morgan fingerprint density at radius 2 is 1.06 bits per heavy atom. The van der Waals surface area contributed by atoms with Crippen LogP contribution in [0, 0.1) is 0 Å². The SMILES string of the molecule is C=CC[C@H]1O[C@@H](C)[C@@H](OCc2ccccc2)[C@@H](OCc2ccccc2)[C@@H]1OCc1ccccc1. The first-order chi connectivity index (χ1) is 16.7. The molecule has 1 saturated heterocycles. The second-order valence-corrected chi connectivity index (χ2v) is 8.69. The molecule has 178 valence electrons. The van der Waals surface area contributed by atoms with Crippen LogP contribution < -0.4 is 0 Å². The molecule has 0 aliphatic carbocycles. The minimum atomic E-state index is -0.293. The summed E-state index contributed by atoms with van der Waals surface area (Å²) >= 11 is 0. The van der Waals surface area contributed by atoms with E-state index in [1.807, 2.05) is 60.7 Å². The van der Waals surface area contributed by atoms with Gasteiger partial charge in [-0.15, -0.1) is 6.58 Å². The lowest BCUT2D eigenvalue weighted by Crippen LogP contribution is -2.59. The van der Waals surface area contributed by atoms with E-state index in [0.717, 1.165) is 16.7 Å². The van der Waals surface area contributed by atoms with Crippen molar-refractivity contribution in [3.63, 3.8) is 0 Å². The summed E-state index contributed by atoms with van der Waals surface area (Å²) in [6, 6.07) is 30.6. The molecule has 1 aliphatic rings. The quantitative estimate of drug-likeness (QED) is 0.325. The molecule has 0 unspecified atom stereocenters. The second-order valence-electron chi connectivity index (χ2n) is 8.69. The van der Waals surface area contributed by atoms with Gasteiger partial charge in [0.2, 0.25) is 0 Å². The van der Waals surface area contributed by atoms with Gasteiger partial charge in [0.25, 0.3) is 0 Å². The zero-order valence-electron chi connectivity index (χ0n) is 19.8. The normalized spacial score (nSPS) is 24.6. The van der Waals surface area contributed by atoms with Gasteiger partial charge in [0.15, 0.2) is 0 Å². The molecule has 0 bridgehead atoms. The highest BCUT2D eigenvalue weighted by Gasteiger charge is 2.46. The average Bonchev–Trinajstić information content (AvgIpc) is 2.88. The summed E-state index contributed by atoms with van der Waals surface area (Å²) in [6.45, 7) is 7.44. The Balaban J connectivity index is 1.55. The van der Waals surface area contributed by atoms with Gasteiger partial charge >= 0.3 is 0 Å². The first-order valence-corrected chi connectivity index (χ1v) is 12.0. The molecule has 1 aliphatic heterocycles. The van der Waals surface area contributed by atoms with E-state index in [4.69, 9.17) is 18.9 Å². The smallest absolute Gasteiger partial charge is 0.115 e. The second kappa shape index (κ2) is 12.6. The van der Waals surface area contributed by atoms with Crippen LogP contribution in [-0.2, 0) is 38.8 Å². The maximum atomic E-state index is 6.55. The van der Waals surface area contributed by atoms with Gasteiger partial charge in [0.05, 0.1) is 32.0 Å². The molecule has 0 N–H and O–H groups in total. The first-order valence-electron chi connectivity index (χ1n) is 12.0. The summed E-state index contributed by atoms with van der Waals surface area (Å²) in [5.41, 5.74) is 3.35. The number of hydrogen-bond acceptors (Lipinski definition) is 4. The summed E-state index contributed by atoms with van der Waals surface area (Å²) in [5.74, 6) is 0. The molecule has 3 aromatic rings. The Hall–Kier alpha value is -2.76. The molecule has 4 heteroatoms. The van der Waals surface area contributed by atoms with Crippen LogP contribution in [0.5, 0.6) is 0 Å². The molecule has 4 rings (SSSR count). The highest BCUT2D eigenvalue weighted by Crippen LogP contribution is 2.31. The van der Waals surface area contributed by atoms with Gasteiger partial charge in [-0.3, -0.25) is 0 Å². The summed E-state index contributed by atoms with van der Waals surface area (Å²) in [7, 11) is 0. The van der Waals surface area contributed by atoms with Crippen LogP contribution in [0.15, 0.2) is 104 Å². The van der Waals surface area contributed by atoms with Crippen LogP contribution in [-0.4, -0.2) is 30.5 Å². The van der Waals surface area contributed by atoms with Gasteiger partial charge in [-0.25, -0.2) is 0 Å². The van der Waals surface area contributed by atoms with E-state index in [0.29, 0.717) is 26.2 Å². The van der Waals surface area contributed by atoms with E-state index < -0.39 is 0 Å². The summed E-state index contributed by atoms with van der Waals surface area (Å²) < 4.78 is 25.9. The largest absolute Gasteiger partial charge is 0.369 e. The third kappa shape index (κ3) is 6.64. The van der Waals surface area contributed by atoms with Gasteiger partial charge in [-0.2, -0.15) is 0 Å². The molecule has 5 atom stereocenters. The summed E-state index contributed by atoms with van der Waals surface area (Å²) in [4.78, 5) is 0. The minimum Gasteiger partial charge on any atom is -0.369 e. The molecular weight excluding hydrogens is 424 g/mol. The Bertz CT molecular complexity index is 976. The third-order valence-electron chi connectivity index (χ3n) is 6.12. The molecule has 0 radical (unpaired) electrons. The molecule has 4 nitrogen and oxygen atoms in total. The fourth-order valence-electron chi connectivity index (χ4n) is 4.37. The van der Waals surface area contributed by atoms with Gasteiger partial charge < -0.3 is 18.9 Å². The van der Waals surface area contributed by atoms with E-state index in [-0.39, 0.29) is 30.5 Å². The molecule has 34 heavy (non-hydrogen) atoms. The average molecular weight is 459 g/mol. The van der Waals surface area contributed by atoms with E-state index in [2.05, 4.69) is 49.9 Å². The van der Waals surface area contributed by atoms with Crippen molar-refractivity contribution in [3.05, 3.63) is 120 Å². The zero-order chi connectivity index (χ0) is 23.6. The Kier molecular flexibility index (Phi) is 9.05. The van der Waals surface area contributed by atoms with E-state index in [9.17, 15) is 0 Å². The van der Waals surface area contributed by atoms with Crippen LogP contribution >= 0.6 is 0 Å². The Morgan fingerprint density at radius 3 is 1.50 bits per heavy atom. The van der Waals surface area contributed by atoms with Crippen LogP contribution in [0.1, 0.15) is 30.0 Å². The minimum absolute atomic E-state index is 0.147. The summed E-state index contributed by atoms with van der Waals surface area (Å²) in [5, 5.41) is 0. The van der Waals surface area contributed by atoms with Crippen LogP contribution in [0.25, 0.3) is 0 Å². The molecule has 0 aromatic heterocycles. The van der Waals surface area contributed by atoms with Crippen molar-refractivity contribution < 1.29 is 18.9 Å².